The fourth-order valence-electron chi connectivity index (χ4n) is 5.01. The lowest BCUT2D eigenvalue weighted by Gasteiger charge is -2.27. The molecule has 2 heterocycles. The van der Waals surface area contributed by atoms with Crippen molar-refractivity contribution in [2.45, 2.75) is 88.9 Å². The van der Waals surface area contributed by atoms with Crippen LogP contribution in [0.25, 0.3) is 0 Å². The number of aliphatic hydroxyl groups excluding tert-OH is 2. The molecule has 2 saturated heterocycles. The number of ether oxygens (including phenoxy) is 1. The normalized spacial score (nSPS) is 34.5. The van der Waals surface area contributed by atoms with Crippen molar-refractivity contribution in [2.24, 2.45) is 17.8 Å². The Hall–Kier alpha value is -0.640. The Labute approximate surface area is 153 Å². The fraction of sp³-hybridized carbons (Fsp3) is 0.818. The first-order valence-corrected chi connectivity index (χ1v) is 10.6. The number of rotatable bonds is 9. The van der Waals surface area contributed by atoms with Crippen LogP contribution in [-0.4, -0.2) is 35.1 Å². The van der Waals surface area contributed by atoms with E-state index in [-0.39, 0.29) is 6.10 Å². The minimum atomic E-state index is -0.269. The van der Waals surface area contributed by atoms with Crippen LogP contribution in [0.4, 0.5) is 0 Å². The maximum absolute atomic E-state index is 10.5. The zero-order valence-electron chi connectivity index (χ0n) is 15.6. The Bertz CT molecular complexity index is 439. The Morgan fingerprint density at radius 2 is 1.76 bits per heavy atom. The van der Waals surface area contributed by atoms with Crippen LogP contribution < -0.4 is 0 Å². The van der Waals surface area contributed by atoms with Gasteiger partial charge < -0.3 is 14.9 Å². The molecule has 5 atom stereocenters. The summed E-state index contributed by atoms with van der Waals surface area (Å²) in [6.07, 6.45) is 22.2. The summed E-state index contributed by atoms with van der Waals surface area (Å²) in [5.74, 6) is 1.51. The van der Waals surface area contributed by atoms with Crippen molar-refractivity contribution in [2.75, 3.05) is 6.61 Å². The molecule has 3 heteroatoms. The number of unbranched alkanes of at least 4 members (excludes halogenated alkanes) is 2. The van der Waals surface area contributed by atoms with Gasteiger partial charge in [-0.05, 0) is 63.2 Å². The van der Waals surface area contributed by atoms with E-state index in [1.165, 1.54) is 44.9 Å². The number of allylic oxidation sites excluding steroid dienone is 2. The fourth-order valence-corrected chi connectivity index (χ4v) is 5.01. The Balaban J connectivity index is 1.50. The van der Waals surface area contributed by atoms with Gasteiger partial charge in [0, 0.05) is 12.5 Å². The third-order valence-corrected chi connectivity index (χ3v) is 6.50. The van der Waals surface area contributed by atoms with Crippen molar-refractivity contribution in [3.05, 3.63) is 24.3 Å². The van der Waals surface area contributed by atoms with E-state index < -0.39 is 0 Å². The second kappa shape index (κ2) is 9.89. The largest absolute Gasteiger partial charge is 0.396 e. The van der Waals surface area contributed by atoms with E-state index in [0.717, 1.165) is 25.7 Å². The molecule has 2 bridgehead atoms. The molecule has 3 nitrogen and oxygen atoms in total. The monoisotopic (exact) mass is 348 g/mol. The highest BCUT2D eigenvalue weighted by Crippen LogP contribution is 2.46. The molecule has 0 aromatic heterocycles. The number of hydrogen-bond donors (Lipinski definition) is 2. The molecule has 0 radical (unpaired) electrons. The molecule has 2 N–H and O–H groups in total. The highest BCUT2D eigenvalue weighted by Gasteiger charge is 2.46. The minimum absolute atomic E-state index is 0.269. The average Bonchev–Trinajstić information content (AvgIpc) is 3.25. The maximum Gasteiger partial charge on any atom is 0.0749 e. The Morgan fingerprint density at radius 3 is 2.56 bits per heavy atom. The van der Waals surface area contributed by atoms with Crippen LogP contribution in [0.1, 0.15) is 70.6 Å². The first-order valence-electron chi connectivity index (χ1n) is 10.6. The highest BCUT2D eigenvalue weighted by molar-refractivity contribution is 5.09. The van der Waals surface area contributed by atoms with Crippen molar-refractivity contribution in [3.63, 3.8) is 0 Å². The summed E-state index contributed by atoms with van der Waals surface area (Å²) in [6, 6.07) is 0. The summed E-state index contributed by atoms with van der Waals surface area (Å²) in [5.41, 5.74) is 0. The smallest absolute Gasteiger partial charge is 0.0749 e. The predicted molar refractivity (Wildman–Crippen MR) is 101 cm³/mol. The molecule has 1 unspecified atom stereocenters. The van der Waals surface area contributed by atoms with E-state index in [9.17, 15) is 5.11 Å². The van der Waals surface area contributed by atoms with E-state index in [4.69, 9.17) is 9.84 Å². The first-order chi connectivity index (χ1) is 12.3. The van der Waals surface area contributed by atoms with Crippen molar-refractivity contribution in [1.82, 2.24) is 0 Å². The van der Waals surface area contributed by atoms with Gasteiger partial charge >= 0.3 is 0 Å². The Morgan fingerprint density at radius 1 is 0.960 bits per heavy atom. The van der Waals surface area contributed by atoms with Crippen molar-refractivity contribution < 1.29 is 14.9 Å². The SMILES string of the molecule is OCCCC/C=C\C[C@H]1[C@H](/C=C/C(O)C2CCCCC2)[C@@H]2CC[C@H]1O2. The lowest BCUT2D eigenvalue weighted by molar-refractivity contribution is 0.0897. The second-order valence-electron chi connectivity index (χ2n) is 8.23. The topological polar surface area (TPSA) is 49.7 Å². The van der Waals surface area contributed by atoms with Gasteiger partial charge in [0.2, 0.25) is 0 Å². The van der Waals surface area contributed by atoms with Crippen LogP contribution in [-0.2, 0) is 4.74 Å². The summed E-state index contributed by atoms with van der Waals surface area (Å²) in [5, 5.41) is 19.4. The minimum Gasteiger partial charge on any atom is -0.396 e. The molecule has 0 aromatic carbocycles. The van der Waals surface area contributed by atoms with Crippen molar-refractivity contribution >= 4 is 0 Å². The van der Waals surface area contributed by atoms with E-state index in [2.05, 4.69) is 24.3 Å². The van der Waals surface area contributed by atoms with Gasteiger partial charge in [-0.15, -0.1) is 0 Å². The number of hydrogen-bond acceptors (Lipinski definition) is 3. The maximum atomic E-state index is 10.5. The van der Waals surface area contributed by atoms with Gasteiger partial charge in [0.25, 0.3) is 0 Å². The van der Waals surface area contributed by atoms with Crippen LogP contribution in [0.15, 0.2) is 24.3 Å². The van der Waals surface area contributed by atoms with Crippen molar-refractivity contribution in [1.29, 1.82) is 0 Å². The summed E-state index contributed by atoms with van der Waals surface area (Å²) in [6.45, 7) is 0.296. The molecule has 3 fully saturated rings. The zero-order valence-corrected chi connectivity index (χ0v) is 15.6. The second-order valence-corrected chi connectivity index (χ2v) is 8.23. The predicted octanol–water partition coefficient (Wildman–Crippen LogP) is 4.39. The van der Waals surface area contributed by atoms with Crippen LogP contribution in [0.5, 0.6) is 0 Å². The molecule has 3 rings (SSSR count). The Kier molecular flexibility index (Phi) is 7.57. The van der Waals surface area contributed by atoms with E-state index in [0.29, 0.717) is 36.6 Å². The third kappa shape index (κ3) is 5.18. The number of fused-ring (bicyclic) bond motifs is 2. The molecule has 2 aliphatic heterocycles. The average molecular weight is 349 g/mol. The highest BCUT2D eigenvalue weighted by atomic mass is 16.5. The van der Waals surface area contributed by atoms with Gasteiger partial charge in [-0.2, -0.15) is 0 Å². The summed E-state index contributed by atoms with van der Waals surface area (Å²) < 4.78 is 6.17. The van der Waals surface area contributed by atoms with E-state index in [1.54, 1.807) is 0 Å². The lowest BCUT2D eigenvalue weighted by atomic mass is 9.76. The molecular weight excluding hydrogens is 312 g/mol. The van der Waals surface area contributed by atoms with Crippen LogP contribution in [0.3, 0.4) is 0 Å². The van der Waals surface area contributed by atoms with Gasteiger partial charge in [-0.3, -0.25) is 0 Å². The third-order valence-electron chi connectivity index (χ3n) is 6.50. The van der Waals surface area contributed by atoms with Gasteiger partial charge in [0.05, 0.1) is 18.3 Å². The van der Waals surface area contributed by atoms with Crippen LogP contribution in [0, 0.1) is 17.8 Å². The summed E-state index contributed by atoms with van der Waals surface area (Å²) >= 11 is 0. The first kappa shape index (κ1) is 19.1. The molecule has 25 heavy (non-hydrogen) atoms. The van der Waals surface area contributed by atoms with Gasteiger partial charge in [-0.1, -0.05) is 43.6 Å². The van der Waals surface area contributed by atoms with Crippen molar-refractivity contribution in [3.8, 4) is 0 Å². The zero-order chi connectivity index (χ0) is 17.5. The quantitative estimate of drug-likeness (QED) is 0.480. The number of aliphatic hydroxyl groups is 2. The molecule has 0 amide bonds. The van der Waals surface area contributed by atoms with Gasteiger partial charge in [0.1, 0.15) is 0 Å². The molecule has 1 aliphatic carbocycles. The van der Waals surface area contributed by atoms with E-state index >= 15 is 0 Å². The van der Waals surface area contributed by atoms with Gasteiger partial charge in [-0.25, -0.2) is 0 Å². The van der Waals surface area contributed by atoms with E-state index in [1.807, 2.05) is 0 Å². The molecule has 142 valence electrons. The molecule has 3 aliphatic rings. The molecule has 1 saturated carbocycles. The summed E-state index contributed by atoms with van der Waals surface area (Å²) in [7, 11) is 0. The van der Waals surface area contributed by atoms with Gasteiger partial charge in [0.15, 0.2) is 0 Å². The van der Waals surface area contributed by atoms with Crippen LogP contribution >= 0.6 is 0 Å². The standard InChI is InChI=1S/C22H36O3/c23-16-8-3-1-2-7-11-18-19(22-15-14-21(18)25-22)12-13-20(24)17-9-5-4-6-10-17/h2,7,12-13,17-24H,1,3-6,8-11,14-16H2/b7-2-,13-12+/t18-,19-,20?,21+,22-/m0/s1. The van der Waals surface area contributed by atoms with Crippen LogP contribution in [0.2, 0.25) is 0 Å². The molecule has 0 spiro atoms. The molecular formula is C22H36O3. The molecule has 0 aromatic rings. The lowest BCUT2D eigenvalue weighted by Crippen LogP contribution is -2.26. The summed E-state index contributed by atoms with van der Waals surface area (Å²) in [4.78, 5) is 0.